The predicted octanol–water partition coefficient (Wildman–Crippen LogP) is 3.88. The molecule has 0 radical (unpaired) electrons. The number of halogens is 2. The van der Waals surface area contributed by atoms with Crippen LogP contribution in [0.25, 0.3) is 11.3 Å². The van der Waals surface area contributed by atoms with E-state index in [-0.39, 0.29) is 0 Å². The molecule has 0 atom stereocenters. The molecule has 0 N–H and O–H groups in total. The highest BCUT2D eigenvalue weighted by atomic mass is 19.2. The molecular weight excluding hydrogens is 290 g/mol. The number of hydrogen-bond donors (Lipinski definition) is 0. The van der Waals surface area contributed by atoms with E-state index in [2.05, 4.69) is 4.98 Å². The van der Waals surface area contributed by atoms with Gasteiger partial charge in [-0.2, -0.15) is 0 Å². The lowest BCUT2D eigenvalue weighted by Gasteiger charge is -2.03. The van der Waals surface area contributed by atoms with Crippen molar-refractivity contribution < 1.29 is 18.3 Å². The Hall–Kier alpha value is -3.02. The van der Waals surface area contributed by atoms with Crippen molar-refractivity contribution >= 4 is 6.09 Å². The fourth-order valence-corrected chi connectivity index (χ4v) is 1.87. The summed E-state index contributed by atoms with van der Waals surface area (Å²) in [5.41, 5.74) is 0.703. The number of carbonyl (C=O) groups excluding carboxylic acids is 1. The van der Waals surface area contributed by atoms with Gasteiger partial charge in [0.2, 0.25) is 0 Å². The topological polar surface area (TPSA) is 44.1 Å². The molecule has 1 heterocycles. The number of rotatable bonds is 2. The lowest BCUT2D eigenvalue weighted by atomic mass is 10.1. The molecule has 6 heteroatoms. The third-order valence-corrected chi connectivity index (χ3v) is 2.96. The summed E-state index contributed by atoms with van der Waals surface area (Å²) in [6.45, 7) is 0. The zero-order chi connectivity index (χ0) is 15.5. The Morgan fingerprint density at radius 1 is 1.05 bits per heavy atom. The molecule has 22 heavy (non-hydrogen) atoms. The van der Waals surface area contributed by atoms with Crippen molar-refractivity contribution in [3.63, 3.8) is 0 Å². The number of nitrogens with zero attached hydrogens (tertiary/aromatic N) is 2. The number of benzene rings is 2. The maximum Gasteiger partial charge on any atom is 0.424 e. The van der Waals surface area contributed by atoms with Gasteiger partial charge in [0.15, 0.2) is 11.6 Å². The minimum absolute atomic E-state index is 0.337. The predicted molar refractivity (Wildman–Crippen MR) is 75.4 cm³/mol. The molecule has 2 aromatic carbocycles. The van der Waals surface area contributed by atoms with E-state index in [1.807, 2.05) is 0 Å². The van der Waals surface area contributed by atoms with Crippen molar-refractivity contribution in [2.45, 2.75) is 0 Å². The van der Waals surface area contributed by atoms with Gasteiger partial charge in [-0.3, -0.25) is 0 Å². The Morgan fingerprint density at radius 2 is 1.82 bits per heavy atom. The maximum atomic E-state index is 13.2. The van der Waals surface area contributed by atoms with Gasteiger partial charge in [-0.1, -0.05) is 18.2 Å². The van der Waals surface area contributed by atoms with Crippen molar-refractivity contribution in [1.82, 2.24) is 9.55 Å². The second kappa shape index (κ2) is 5.77. The summed E-state index contributed by atoms with van der Waals surface area (Å²) in [5.74, 6) is -1.51. The molecule has 0 amide bonds. The molecule has 0 aliphatic carbocycles. The van der Waals surface area contributed by atoms with Gasteiger partial charge in [0.1, 0.15) is 12.1 Å². The Bertz CT molecular complexity index is 816. The van der Waals surface area contributed by atoms with Gasteiger partial charge in [0.25, 0.3) is 0 Å². The molecule has 0 saturated carbocycles. The van der Waals surface area contributed by atoms with Crippen LogP contribution in [0.5, 0.6) is 5.75 Å². The molecule has 0 aliphatic heterocycles. The number of ether oxygens (including phenoxy) is 1. The smallest absolute Gasteiger partial charge is 0.410 e. The first kappa shape index (κ1) is 13.9. The zero-order valence-corrected chi connectivity index (χ0v) is 11.2. The summed E-state index contributed by atoms with van der Waals surface area (Å²) in [6.07, 6.45) is 1.99. The van der Waals surface area contributed by atoms with Crippen LogP contribution in [0, 0.1) is 11.6 Å². The van der Waals surface area contributed by atoms with Crippen molar-refractivity contribution in [1.29, 1.82) is 0 Å². The van der Waals surface area contributed by atoms with Crippen LogP contribution in [-0.4, -0.2) is 15.6 Å². The number of para-hydroxylation sites is 1. The van der Waals surface area contributed by atoms with E-state index in [1.165, 1.54) is 18.6 Å². The molecule has 0 spiro atoms. The van der Waals surface area contributed by atoms with Crippen LogP contribution >= 0.6 is 0 Å². The largest absolute Gasteiger partial charge is 0.424 e. The summed E-state index contributed by atoms with van der Waals surface area (Å²) in [5, 5.41) is 0. The van der Waals surface area contributed by atoms with Crippen molar-refractivity contribution in [2.75, 3.05) is 0 Å². The van der Waals surface area contributed by atoms with Gasteiger partial charge in [-0.05, 0) is 30.3 Å². The van der Waals surface area contributed by atoms with E-state index >= 15 is 0 Å². The van der Waals surface area contributed by atoms with Gasteiger partial charge < -0.3 is 4.74 Å². The lowest BCUT2D eigenvalue weighted by molar-refractivity contribution is 0.202. The first-order valence-corrected chi connectivity index (χ1v) is 6.40. The van der Waals surface area contributed by atoms with Crippen LogP contribution in [-0.2, 0) is 0 Å². The van der Waals surface area contributed by atoms with Gasteiger partial charge in [-0.25, -0.2) is 23.1 Å². The number of aromatic nitrogens is 2. The average molecular weight is 300 g/mol. The van der Waals surface area contributed by atoms with E-state index in [4.69, 9.17) is 4.74 Å². The van der Waals surface area contributed by atoms with Crippen molar-refractivity contribution in [2.24, 2.45) is 0 Å². The molecule has 0 saturated heterocycles. The number of carbonyl (C=O) groups is 1. The summed E-state index contributed by atoms with van der Waals surface area (Å²) < 4.78 is 32.4. The molecule has 3 rings (SSSR count). The van der Waals surface area contributed by atoms with E-state index in [9.17, 15) is 13.6 Å². The van der Waals surface area contributed by atoms with Crippen LogP contribution in [0.2, 0.25) is 0 Å². The minimum Gasteiger partial charge on any atom is -0.410 e. The van der Waals surface area contributed by atoms with Crippen LogP contribution < -0.4 is 4.74 Å². The standard InChI is InChI=1S/C16H10F2N2O2/c17-13-7-6-11(8-14(13)18)15-9-20(10-19-15)16(21)22-12-4-2-1-3-5-12/h1-10H. The quantitative estimate of drug-likeness (QED) is 0.721. The Balaban J connectivity index is 1.81. The first-order valence-electron chi connectivity index (χ1n) is 6.40. The van der Waals surface area contributed by atoms with Gasteiger partial charge in [0.05, 0.1) is 5.69 Å². The molecule has 110 valence electrons. The third kappa shape index (κ3) is 2.85. The van der Waals surface area contributed by atoms with Gasteiger partial charge in [-0.15, -0.1) is 0 Å². The normalized spacial score (nSPS) is 10.5. The SMILES string of the molecule is O=C(Oc1ccccc1)n1cnc(-c2ccc(F)c(F)c2)c1. The highest BCUT2D eigenvalue weighted by molar-refractivity contribution is 5.74. The van der Waals surface area contributed by atoms with Gasteiger partial charge in [0, 0.05) is 11.8 Å². The van der Waals surface area contributed by atoms with E-state index in [0.717, 1.165) is 16.7 Å². The third-order valence-electron chi connectivity index (χ3n) is 2.96. The zero-order valence-electron chi connectivity index (χ0n) is 11.2. The van der Waals surface area contributed by atoms with E-state index in [1.54, 1.807) is 30.3 Å². The minimum atomic E-state index is -0.973. The Morgan fingerprint density at radius 3 is 2.55 bits per heavy atom. The van der Waals surface area contributed by atoms with E-state index < -0.39 is 17.7 Å². The molecule has 0 bridgehead atoms. The average Bonchev–Trinajstić information content (AvgIpc) is 3.01. The maximum absolute atomic E-state index is 13.2. The summed E-state index contributed by atoms with van der Waals surface area (Å²) in [6, 6.07) is 12.0. The Kier molecular flexibility index (Phi) is 3.65. The summed E-state index contributed by atoms with van der Waals surface area (Å²) in [4.78, 5) is 15.9. The monoisotopic (exact) mass is 300 g/mol. The fourth-order valence-electron chi connectivity index (χ4n) is 1.87. The highest BCUT2D eigenvalue weighted by Crippen LogP contribution is 2.20. The molecule has 4 nitrogen and oxygen atoms in total. The molecule has 3 aromatic rings. The number of hydrogen-bond acceptors (Lipinski definition) is 3. The molecule has 0 aliphatic rings. The first-order chi connectivity index (χ1) is 10.6. The molecule has 0 fully saturated rings. The van der Waals surface area contributed by atoms with Crippen LogP contribution in [0.4, 0.5) is 13.6 Å². The summed E-state index contributed by atoms with van der Waals surface area (Å²) >= 11 is 0. The van der Waals surface area contributed by atoms with Crippen molar-refractivity contribution in [3.8, 4) is 17.0 Å². The fraction of sp³-hybridized carbons (Fsp3) is 0. The molecule has 1 aromatic heterocycles. The van der Waals surface area contributed by atoms with E-state index in [0.29, 0.717) is 17.0 Å². The van der Waals surface area contributed by atoms with Crippen molar-refractivity contribution in [3.05, 3.63) is 72.7 Å². The van der Waals surface area contributed by atoms with Crippen LogP contribution in [0.15, 0.2) is 61.1 Å². The molecule has 0 unspecified atom stereocenters. The number of imidazole rings is 1. The lowest BCUT2D eigenvalue weighted by Crippen LogP contribution is -2.14. The Labute approximate surface area is 124 Å². The second-order valence-electron chi connectivity index (χ2n) is 4.48. The second-order valence-corrected chi connectivity index (χ2v) is 4.48. The summed E-state index contributed by atoms with van der Waals surface area (Å²) in [7, 11) is 0. The molecular formula is C16H10F2N2O2. The van der Waals surface area contributed by atoms with Crippen LogP contribution in [0.3, 0.4) is 0 Å². The van der Waals surface area contributed by atoms with Gasteiger partial charge >= 0.3 is 6.09 Å². The highest BCUT2D eigenvalue weighted by Gasteiger charge is 2.11. The van der Waals surface area contributed by atoms with Crippen LogP contribution in [0.1, 0.15) is 0 Å².